The standard InChI is InChI=1S/C30H34F6N4O2/c1-21-5-6-23(15-22(21)2)16-27-20-38(8-4-3-7-37-39-11-13-42-14-12-39)9-10-40(27)28(41)24-17-25(29(31,32)33)19-26(18-24)30(34,35)36/h5-6,15,17-19,27,37H,7-14,16,20H2,1-2H3/t27-/m1/s1. The average molecular weight is 597 g/mol. The van der Waals surface area contributed by atoms with E-state index in [0.717, 1.165) is 29.8 Å². The van der Waals surface area contributed by atoms with E-state index in [2.05, 4.69) is 17.3 Å². The van der Waals surface area contributed by atoms with Crippen LogP contribution in [0.5, 0.6) is 0 Å². The third kappa shape index (κ3) is 8.47. The number of halogens is 6. The van der Waals surface area contributed by atoms with Crippen molar-refractivity contribution < 1.29 is 35.9 Å². The Labute approximate surface area is 241 Å². The highest BCUT2D eigenvalue weighted by atomic mass is 19.4. The van der Waals surface area contributed by atoms with Crippen LogP contribution in [0.3, 0.4) is 0 Å². The van der Waals surface area contributed by atoms with Crippen LogP contribution in [-0.2, 0) is 23.5 Å². The summed E-state index contributed by atoms with van der Waals surface area (Å²) in [6.45, 7) is 8.54. The van der Waals surface area contributed by atoms with E-state index in [1.807, 2.05) is 42.0 Å². The Kier molecular flexibility index (Phi) is 10.2. The molecule has 228 valence electrons. The number of carbonyl (C=O) groups is 1. The van der Waals surface area contributed by atoms with Crippen LogP contribution in [-0.4, -0.2) is 85.8 Å². The number of rotatable bonds is 6. The van der Waals surface area contributed by atoms with Crippen LogP contribution in [0.1, 0.15) is 38.2 Å². The van der Waals surface area contributed by atoms with Crippen molar-refractivity contribution in [2.45, 2.75) is 38.7 Å². The quantitative estimate of drug-likeness (QED) is 0.392. The fraction of sp³-hybridized carbons (Fsp3) is 0.500. The molecule has 2 heterocycles. The fourth-order valence-corrected chi connectivity index (χ4v) is 5.06. The van der Waals surface area contributed by atoms with Gasteiger partial charge in [-0.1, -0.05) is 30.0 Å². The number of ether oxygens (including phenoxy) is 1. The largest absolute Gasteiger partial charge is 0.416 e. The number of carbonyl (C=O) groups excluding carboxylic acids is 1. The first-order valence-electron chi connectivity index (χ1n) is 13.7. The molecule has 1 amide bonds. The number of morpholine rings is 1. The highest BCUT2D eigenvalue weighted by molar-refractivity contribution is 5.95. The van der Waals surface area contributed by atoms with Crippen LogP contribution < -0.4 is 5.43 Å². The van der Waals surface area contributed by atoms with E-state index in [4.69, 9.17) is 4.74 Å². The van der Waals surface area contributed by atoms with E-state index >= 15 is 0 Å². The molecule has 0 bridgehead atoms. The number of hydrogen-bond donors (Lipinski definition) is 1. The number of piperazine rings is 1. The van der Waals surface area contributed by atoms with E-state index in [9.17, 15) is 31.1 Å². The number of benzene rings is 2. The summed E-state index contributed by atoms with van der Waals surface area (Å²) in [6, 6.07) is 6.42. The second-order valence-electron chi connectivity index (χ2n) is 10.6. The highest BCUT2D eigenvalue weighted by Gasteiger charge is 2.39. The van der Waals surface area contributed by atoms with Crippen LogP contribution in [0.4, 0.5) is 26.3 Å². The summed E-state index contributed by atoms with van der Waals surface area (Å²) in [5.74, 6) is 5.34. The topological polar surface area (TPSA) is 48.0 Å². The normalized spacial score (nSPS) is 19.0. The zero-order valence-electron chi connectivity index (χ0n) is 23.5. The number of alkyl halides is 6. The van der Waals surface area contributed by atoms with Gasteiger partial charge in [-0.25, -0.2) is 10.4 Å². The maximum Gasteiger partial charge on any atom is 0.416 e. The van der Waals surface area contributed by atoms with E-state index in [0.29, 0.717) is 57.9 Å². The number of amides is 1. The Bertz CT molecular complexity index is 1280. The van der Waals surface area contributed by atoms with Gasteiger partial charge in [0.25, 0.3) is 5.91 Å². The Morgan fingerprint density at radius 3 is 2.19 bits per heavy atom. The van der Waals surface area contributed by atoms with Crippen molar-refractivity contribution in [3.63, 3.8) is 0 Å². The van der Waals surface area contributed by atoms with Crippen LogP contribution in [0.15, 0.2) is 36.4 Å². The smallest absolute Gasteiger partial charge is 0.379 e. The Morgan fingerprint density at radius 1 is 0.905 bits per heavy atom. The molecule has 2 aliphatic heterocycles. The zero-order valence-corrected chi connectivity index (χ0v) is 23.5. The molecule has 2 saturated heterocycles. The van der Waals surface area contributed by atoms with Crippen molar-refractivity contribution in [3.8, 4) is 11.8 Å². The SMILES string of the molecule is Cc1ccc(C[C@@H]2CN(CC#CCNN3CCOCC3)CCN2C(=O)c2cc(C(F)(F)F)cc(C(F)(F)F)c2)cc1C. The highest BCUT2D eigenvalue weighted by Crippen LogP contribution is 2.37. The van der Waals surface area contributed by atoms with Crippen molar-refractivity contribution in [2.75, 3.05) is 59.0 Å². The first kappa shape index (κ1) is 31.8. The van der Waals surface area contributed by atoms with Crippen molar-refractivity contribution >= 4 is 5.91 Å². The molecule has 0 aromatic heterocycles. The summed E-state index contributed by atoms with van der Waals surface area (Å²) < 4.78 is 86.2. The molecule has 2 fully saturated rings. The number of hydrogen-bond acceptors (Lipinski definition) is 5. The van der Waals surface area contributed by atoms with Crippen LogP contribution in [0, 0.1) is 25.7 Å². The molecule has 6 nitrogen and oxygen atoms in total. The minimum Gasteiger partial charge on any atom is -0.379 e. The molecule has 2 aliphatic rings. The lowest BCUT2D eigenvalue weighted by Crippen LogP contribution is -2.56. The van der Waals surface area contributed by atoms with Gasteiger partial charge in [-0.15, -0.1) is 0 Å². The summed E-state index contributed by atoms with van der Waals surface area (Å²) in [5, 5.41) is 2.04. The Hall–Kier alpha value is -3.11. The maximum atomic E-state index is 13.6. The maximum absolute atomic E-state index is 13.6. The monoisotopic (exact) mass is 596 g/mol. The van der Waals surface area contributed by atoms with Gasteiger partial charge in [0.1, 0.15) is 0 Å². The van der Waals surface area contributed by atoms with Crippen molar-refractivity contribution in [3.05, 3.63) is 69.8 Å². The summed E-state index contributed by atoms with van der Waals surface area (Å²) in [5.41, 5.74) is 2.63. The summed E-state index contributed by atoms with van der Waals surface area (Å²) in [6.07, 6.45) is -9.69. The third-order valence-electron chi connectivity index (χ3n) is 7.53. The summed E-state index contributed by atoms with van der Waals surface area (Å²) in [7, 11) is 0. The van der Waals surface area contributed by atoms with E-state index in [1.54, 1.807) is 0 Å². The average Bonchev–Trinajstić information content (AvgIpc) is 2.94. The second kappa shape index (κ2) is 13.5. The molecule has 1 N–H and O–H groups in total. The Balaban J connectivity index is 1.53. The van der Waals surface area contributed by atoms with Gasteiger partial charge in [0.15, 0.2) is 0 Å². The summed E-state index contributed by atoms with van der Waals surface area (Å²) >= 11 is 0. The third-order valence-corrected chi connectivity index (χ3v) is 7.53. The molecule has 1 atom stereocenters. The molecule has 0 unspecified atom stereocenters. The van der Waals surface area contributed by atoms with Crippen LogP contribution >= 0.6 is 0 Å². The van der Waals surface area contributed by atoms with E-state index in [-0.39, 0.29) is 12.6 Å². The van der Waals surface area contributed by atoms with Gasteiger partial charge in [0.05, 0.1) is 37.4 Å². The van der Waals surface area contributed by atoms with Gasteiger partial charge in [-0.2, -0.15) is 26.3 Å². The molecule has 2 aromatic carbocycles. The molecular weight excluding hydrogens is 562 g/mol. The van der Waals surface area contributed by atoms with Gasteiger partial charge in [0, 0.05) is 44.3 Å². The van der Waals surface area contributed by atoms with Gasteiger partial charge in [-0.05, 0) is 55.2 Å². The first-order valence-corrected chi connectivity index (χ1v) is 13.7. The van der Waals surface area contributed by atoms with Crippen molar-refractivity contribution in [1.82, 2.24) is 20.2 Å². The van der Waals surface area contributed by atoms with Gasteiger partial charge in [-0.3, -0.25) is 9.69 Å². The molecule has 0 spiro atoms. The molecule has 4 rings (SSSR count). The molecular formula is C30H34F6N4O2. The lowest BCUT2D eigenvalue weighted by atomic mass is 9.97. The molecule has 0 radical (unpaired) electrons. The van der Waals surface area contributed by atoms with E-state index in [1.165, 1.54) is 4.90 Å². The fourth-order valence-electron chi connectivity index (χ4n) is 5.06. The predicted molar refractivity (Wildman–Crippen MR) is 146 cm³/mol. The molecule has 42 heavy (non-hydrogen) atoms. The second-order valence-corrected chi connectivity index (χ2v) is 10.6. The van der Waals surface area contributed by atoms with Crippen LogP contribution in [0.25, 0.3) is 0 Å². The van der Waals surface area contributed by atoms with Gasteiger partial charge in [0.2, 0.25) is 0 Å². The molecule has 0 saturated carbocycles. The van der Waals surface area contributed by atoms with Crippen LogP contribution in [0.2, 0.25) is 0 Å². The van der Waals surface area contributed by atoms with Gasteiger partial charge >= 0.3 is 12.4 Å². The zero-order chi connectivity index (χ0) is 30.5. The predicted octanol–water partition coefficient (Wildman–Crippen LogP) is 4.55. The number of nitrogens with one attached hydrogen (secondary N) is 1. The number of aryl methyl sites for hydroxylation is 2. The van der Waals surface area contributed by atoms with Gasteiger partial charge < -0.3 is 9.64 Å². The number of hydrazine groups is 1. The summed E-state index contributed by atoms with van der Waals surface area (Å²) in [4.78, 5) is 17.0. The first-order chi connectivity index (χ1) is 19.8. The minimum absolute atomic E-state index is 0.0356. The van der Waals surface area contributed by atoms with Crippen molar-refractivity contribution in [2.24, 2.45) is 0 Å². The minimum atomic E-state index is -5.04. The lowest BCUT2D eigenvalue weighted by molar-refractivity contribution is -0.143. The molecule has 0 aliphatic carbocycles. The van der Waals surface area contributed by atoms with E-state index < -0.39 is 41.0 Å². The Morgan fingerprint density at radius 2 is 1.57 bits per heavy atom. The number of nitrogens with zero attached hydrogens (tertiary/aromatic N) is 3. The van der Waals surface area contributed by atoms with Crippen molar-refractivity contribution in [1.29, 1.82) is 0 Å². The lowest BCUT2D eigenvalue weighted by Gasteiger charge is -2.41. The molecule has 2 aromatic rings. The molecule has 12 heteroatoms.